The first kappa shape index (κ1) is 79.4. The van der Waals surface area contributed by atoms with Crippen molar-refractivity contribution in [2.24, 2.45) is 0 Å². The van der Waals surface area contributed by atoms with Crippen LogP contribution in [0.25, 0.3) is 0 Å². The van der Waals surface area contributed by atoms with E-state index in [4.69, 9.17) is 14.2 Å². The number of hydrogen-bond donors (Lipinski definition) is 0. The van der Waals surface area contributed by atoms with E-state index >= 15 is 0 Å². The molecule has 0 aromatic rings. The molecule has 0 amide bonds. The van der Waals surface area contributed by atoms with Crippen LogP contribution in [0.2, 0.25) is 0 Å². The molecule has 0 fully saturated rings. The number of hydrogen-bond acceptors (Lipinski definition) is 6. The number of unbranched alkanes of at least 4 members (excludes halogenated alkanes) is 49. The van der Waals surface area contributed by atoms with Gasteiger partial charge in [0.2, 0.25) is 0 Å². The van der Waals surface area contributed by atoms with E-state index in [2.05, 4.69) is 69.4 Å². The van der Waals surface area contributed by atoms with Gasteiger partial charge in [-0.15, -0.1) is 0 Å². The van der Waals surface area contributed by atoms with Crippen molar-refractivity contribution in [2.75, 3.05) is 13.2 Å². The van der Waals surface area contributed by atoms with E-state index in [0.717, 1.165) is 64.2 Å². The summed E-state index contributed by atoms with van der Waals surface area (Å²) in [7, 11) is 0. The van der Waals surface area contributed by atoms with Crippen LogP contribution in [0.15, 0.2) is 48.6 Å². The third-order valence-electron chi connectivity index (χ3n) is 16.5. The number of carbonyl (C=O) groups is 3. The molecule has 0 saturated carbocycles. The molecule has 6 heteroatoms. The Bertz CT molecular complexity index is 1410. The van der Waals surface area contributed by atoms with Crippen molar-refractivity contribution >= 4 is 17.9 Å². The Balaban J connectivity index is 4.28. The van der Waals surface area contributed by atoms with E-state index in [1.165, 1.54) is 295 Å². The summed E-state index contributed by atoms with van der Waals surface area (Å²) in [6, 6.07) is 0. The van der Waals surface area contributed by atoms with Crippen molar-refractivity contribution < 1.29 is 28.6 Å². The fraction of sp³-hybridized carbons (Fsp3) is 0.855. The van der Waals surface area contributed by atoms with E-state index < -0.39 is 6.10 Å². The normalized spacial score (nSPS) is 12.3. The van der Waals surface area contributed by atoms with E-state index in [9.17, 15) is 14.4 Å². The summed E-state index contributed by atoms with van der Waals surface area (Å²) < 4.78 is 17.0. The van der Waals surface area contributed by atoms with Gasteiger partial charge in [-0.2, -0.15) is 0 Å². The number of ether oxygens (including phenoxy) is 3. The minimum absolute atomic E-state index is 0.0715. The predicted octanol–water partition coefficient (Wildman–Crippen LogP) is 25.3. The van der Waals surface area contributed by atoms with Crippen LogP contribution in [0.5, 0.6) is 0 Å². The fourth-order valence-corrected chi connectivity index (χ4v) is 11.0. The Morgan fingerprint density at radius 2 is 0.439 bits per heavy atom. The van der Waals surface area contributed by atoms with Crippen molar-refractivity contribution in [3.63, 3.8) is 0 Å². The van der Waals surface area contributed by atoms with Crippen LogP contribution in [0.4, 0.5) is 0 Å². The first-order chi connectivity index (χ1) is 40.5. The minimum Gasteiger partial charge on any atom is -0.462 e. The number of esters is 3. The first-order valence-corrected chi connectivity index (χ1v) is 36.6. The zero-order chi connectivity index (χ0) is 59.2. The molecule has 0 spiro atoms. The third-order valence-corrected chi connectivity index (χ3v) is 16.5. The SMILES string of the molecule is CCCCCCC/C=C\C/C=C\CCCCCCCCCCCCCCCCCC(=O)OCC(COC(=O)CCCCCCCCC/C=C\CCCCCCCCC)OC(=O)CCCCCCCCCCC/C=C\CCCCCCCC. The molecule has 1 unspecified atom stereocenters. The van der Waals surface area contributed by atoms with Crippen molar-refractivity contribution in [1.82, 2.24) is 0 Å². The molecule has 0 heterocycles. The average molecular weight is 1150 g/mol. The molecule has 82 heavy (non-hydrogen) atoms. The number of rotatable bonds is 68. The van der Waals surface area contributed by atoms with Crippen molar-refractivity contribution in [3.8, 4) is 0 Å². The molecular formula is C76H140O6. The molecule has 0 N–H and O–H groups in total. The van der Waals surface area contributed by atoms with Gasteiger partial charge in [-0.1, -0.05) is 326 Å². The Morgan fingerprint density at radius 3 is 0.683 bits per heavy atom. The summed E-state index contributed by atoms with van der Waals surface area (Å²) in [6.45, 7) is 6.69. The second kappa shape index (κ2) is 70.9. The van der Waals surface area contributed by atoms with Crippen LogP contribution in [0.3, 0.4) is 0 Å². The average Bonchev–Trinajstić information content (AvgIpc) is 3.47. The van der Waals surface area contributed by atoms with Crippen molar-refractivity contribution in [3.05, 3.63) is 48.6 Å². The van der Waals surface area contributed by atoms with Gasteiger partial charge in [0.1, 0.15) is 13.2 Å². The molecule has 0 aliphatic rings. The smallest absolute Gasteiger partial charge is 0.306 e. The van der Waals surface area contributed by atoms with Crippen molar-refractivity contribution in [2.45, 2.75) is 406 Å². The summed E-state index contributed by atoms with van der Waals surface area (Å²) in [5.74, 6) is -0.850. The van der Waals surface area contributed by atoms with Gasteiger partial charge < -0.3 is 14.2 Å². The summed E-state index contributed by atoms with van der Waals surface area (Å²) in [6.07, 6.45) is 90.0. The molecule has 0 aliphatic carbocycles. The summed E-state index contributed by atoms with van der Waals surface area (Å²) >= 11 is 0. The standard InChI is InChI=1S/C76H140O6/c1-4-7-10-13-16-19-22-25-28-31-34-35-36-37-38-39-40-41-43-45-48-51-54-57-60-63-66-69-75(78)81-72-73(71-80-74(77)68-65-62-59-56-53-50-47-44-33-30-27-24-21-18-15-12-9-6-3)82-76(79)70-67-64-61-58-55-52-49-46-42-32-29-26-23-20-17-14-11-8-5-2/h22,25-26,29-31,33-34,73H,4-21,23-24,27-28,32,35-72H2,1-3H3/b25-22-,29-26-,33-30-,34-31-. The van der Waals surface area contributed by atoms with Crippen LogP contribution in [0.1, 0.15) is 400 Å². The Kier molecular flexibility index (Phi) is 68.6. The maximum Gasteiger partial charge on any atom is 0.306 e. The monoisotopic (exact) mass is 1150 g/mol. The van der Waals surface area contributed by atoms with Crippen LogP contribution in [-0.4, -0.2) is 37.2 Å². The Labute approximate surface area is 511 Å². The van der Waals surface area contributed by atoms with Gasteiger partial charge in [-0.05, 0) is 103 Å². The predicted molar refractivity (Wildman–Crippen MR) is 358 cm³/mol. The number of allylic oxidation sites excluding steroid dienone is 8. The van der Waals surface area contributed by atoms with Gasteiger partial charge in [0.05, 0.1) is 0 Å². The fourth-order valence-electron chi connectivity index (χ4n) is 11.0. The van der Waals surface area contributed by atoms with E-state index in [-0.39, 0.29) is 31.1 Å². The third kappa shape index (κ3) is 68.2. The van der Waals surface area contributed by atoms with Crippen LogP contribution in [0, 0.1) is 0 Å². The first-order valence-electron chi connectivity index (χ1n) is 36.6. The van der Waals surface area contributed by atoms with Crippen LogP contribution in [-0.2, 0) is 28.6 Å². The molecule has 0 rings (SSSR count). The van der Waals surface area contributed by atoms with Crippen LogP contribution < -0.4 is 0 Å². The quantitative estimate of drug-likeness (QED) is 0.0261. The maximum absolute atomic E-state index is 13.0. The molecule has 1 atom stereocenters. The second-order valence-corrected chi connectivity index (χ2v) is 24.8. The van der Waals surface area contributed by atoms with Gasteiger partial charge in [-0.3, -0.25) is 14.4 Å². The molecule has 0 aromatic carbocycles. The maximum atomic E-state index is 13.0. The highest BCUT2D eigenvalue weighted by Gasteiger charge is 2.19. The van der Waals surface area contributed by atoms with Gasteiger partial charge in [0.25, 0.3) is 0 Å². The van der Waals surface area contributed by atoms with Crippen LogP contribution >= 0.6 is 0 Å². The second-order valence-electron chi connectivity index (χ2n) is 24.8. The lowest BCUT2D eigenvalue weighted by Crippen LogP contribution is -2.30. The van der Waals surface area contributed by atoms with E-state index in [1.807, 2.05) is 0 Å². The lowest BCUT2D eigenvalue weighted by atomic mass is 10.0. The summed E-state index contributed by atoms with van der Waals surface area (Å²) in [4.78, 5) is 38.5. The van der Waals surface area contributed by atoms with E-state index in [1.54, 1.807) is 0 Å². The molecule has 6 nitrogen and oxygen atoms in total. The summed E-state index contributed by atoms with van der Waals surface area (Å²) in [5, 5.41) is 0. The number of carbonyl (C=O) groups excluding carboxylic acids is 3. The van der Waals surface area contributed by atoms with Gasteiger partial charge in [0.15, 0.2) is 6.10 Å². The highest BCUT2D eigenvalue weighted by Crippen LogP contribution is 2.18. The molecule has 480 valence electrons. The van der Waals surface area contributed by atoms with Gasteiger partial charge >= 0.3 is 17.9 Å². The Hall–Kier alpha value is -2.63. The molecule has 0 bridgehead atoms. The van der Waals surface area contributed by atoms with E-state index in [0.29, 0.717) is 19.3 Å². The zero-order valence-corrected chi connectivity index (χ0v) is 55.3. The highest BCUT2D eigenvalue weighted by atomic mass is 16.6. The molecule has 0 radical (unpaired) electrons. The highest BCUT2D eigenvalue weighted by molar-refractivity contribution is 5.71. The van der Waals surface area contributed by atoms with Gasteiger partial charge in [-0.25, -0.2) is 0 Å². The molecule has 0 aromatic heterocycles. The minimum atomic E-state index is -0.777. The molecule has 0 aliphatic heterocycles. The Morgan fingerprint density at radius 1 is 0.244 bits per heavy atom. The molecular weight excluding hydrogens is 1010 g/mol. The largest absolute Gasteiger partial charge is 0.462 e. The molecule has 0 saturated heterocycles. The topological polar surface area (TPSA) is 78.9 Å². The zero-order valence-electron chi connectivity index (χ0n) is 55.3. The lowest BCUT2D eigenvalue weighted by Gasteiger charge is -2.18. The summed E-state index contributed by atoms with van der Waals surface area (Å²) in [5.41, 5.74) is 0. The van der Waals surface area contributed by atoms with Gasteiger partial charge in [0, 0.05) is 19.3 Å². The lowest BCUT2D eigenvalue weighted by molar-refractivity contribution is -0.167. The van der Waals surface area contributed by atoms with Crippen molar-refractivity contribution in [1.29, 1.82) is 0 Å².